The zero-order chi connectivity index (χ0) is 26.1. The van der Waals surface area contributed by atoms with E-state index < -0.39 is 0 Å². The van der Waals surface area contributed by atoms with Crippen LogP contribution in [0.4, 0.5) is 28.4 Å². The van der Waals surface area contributed by atoms with Crippen molar-refractivity contribution in [3.63, 3.8) is 0 Å². The molecule has 0 atom stereocenters. The van der Waals surface area contributed by atoms with Crippen LogP contribution >= 0.6 is 11.6 Å². The van der Waals surface area contributed by atoms with Gasteiger partial charge in [-0.1, -0.05) is 102 Å². The van der Waals surface area contributed by atoms with Gasteiger partial charge in [-0.25, -0.2) is 0 Å². The van der Waals surface area contributed by atoms with Crippen LogP contribution in [0.15, 0.2) is 91.0 Å². The lowest BCUT2D eigenvalue weighted by molar-refractivity contribution is 0.590. The third kappa shape index (κ3) is 5.60. The SMILES string of the molecule is Cc1ccccc1Nc1cccc(N(c2ccc(C(C)(C)C)cc2)c2ccc(C(C)(C)C)cc2)c1Cl. The number of nitrogens with zero attached hydrogens (tertiary/aromatic N) is 1. The Morgan fingerprint density at radius 3 is 1.53 bits per heavy atom. The second kappa shape index (κ2) is 10.0. The van der Waals surface area contributed by atoms with Crippen molar-refractivity contribution < 1.29 is 0 Å². The molecule has 0 aromatic heterocycles. The van der Waals surface area contributed by atoms with E-state index in [0.717, 1.165) is 28.4 Å². The molecule has 0 aliphatic rings. The van der Waals surface area contributed by atoms with Gasteiger partial charge in [0.1, 0.15) is 0 Å². The van der Waals surface area contributed by atoms with Gasteiger partial charge in [-0.15, -0.1) is 0 Å². The van der Waals surface area contributed by atoms with Crippen LogP contribution in [0.5, 0.6) is 0 Å². The highest BCUT2D eigenvalue weighted by Gasteiger charge is 2.21. The summed E-state index contributed by atoms with van der Waals surface area (Å²) in [4.78, 5) is 2.24. The van der Waals surface area contributed by atoms with Crippen molar-refractivity contribution in [2.45, 2.75) is 59.3 Å². The Morgan fingerprint density at radius 2 is 1.06 bits per heavy atom. The molecule has 0 saturated carbocycles. The summed E-state index contributed by atoms with van der Waals surface area (Å²) in [6, 6.07) is 32.1. The number of nitrogens with one attached hydrogen (secondary N) is 1. The van der Waals surface area contributed by atoms with Crippen LogP contribution in [-0.4, -0.2) is 0 Å². The van der Waals surface area contributed by atoms with Gasteiger partial charge in [-0.05, 0) is 76.9 Å². The first-order valence-corrected chi connectivity index (χ1v) is 13.0. The maximum absolute atomic E-state index is 7.11. The van der Waals surface area contributed by atoms with E-state index in [2.05, 4.69) is 131 Å². The standard InChI is InChI=1S/C33H37ClN2/c1-23-11-8-9-12-28(23)35-29-13-10-14-30(31(29)34)36(26-19-15-24(16-20-26)32(2,3)4)27-21-17-25(18-22-27)33(5,6)7/h8-22,35H,1-7H3. The third-order valence-electron chi connectivity index (χ3n) is 6.62. The van der Waals surface area contributed by atoms with E-state index >= 15 is 0 Å². The second-order valence-electron chi connectivity index (χ2n) is 11.5. The molecular formula is C33H37ClN2. The highest BCUT2D eigenvalue weighted by atomic mass is 35.5. The molecule has 0 radical (unpaired) electrons. The minimum Gasteiger partial charge on any atom is -0.354 e. The van der Waals surface area contributed by atoms with E-state index in [1.165, 1.54) is 16.7 Å². The lowest BCUT2D eigenvalue weighted by Gasteiger charge is -2.29. The number of benzene rings is 4. The molecule has 4 aromatic rings. The molecule has 0 amide bonds. The zero-order valence-electron chi connectivity index (χ0n) is 22.5. The molecule has 0 bridgehead atoms. The van der Waals surface area contributed by atoms with Crippen molar-refractivity contribution in [1.82, 2.24) is 0 Å². The molecule has 186 valence electrons. The predicted octanol–water partition coefficient (Wildman–Crippen LogP) is 10.5. The van der Waals surface area contributed by atoms with Gasteiger partial charge in [0.15, 0.2) is 0 Å². The molecular weight excluding hydrogens is 460 g/mol. The molecule has 0 aliphatic heterocycles. The molecule has 0 saturated heterocycles. The van der Waals surface area contributed by atoms with Gasteiger partial charge in [-0.2, -0.15) is 0 Å². The van der Waals surface area contributed by atoms with Crippen molar-refractivity contribution in [2.24, 2.45) is 0 Å². The lowest BCUT2D eigenvalue weighted by atomic mass is 9.86. The fourth-order valence-corrected chi connectivity index (χ4v) is 4.55. The Labute approximate surface area is 222 Å². The summed E-state index contributed by atoms with van der Waals surface area (Å²) in [6.45, 7) is 15.5. The van der Waals surface area contributed by atoms with Crippen molar-refractivity contribution in [1.29, 1.82) is 0 Å². The van der Waals surface area contributed by atoms with E-state index in [-0.39, 0.29) is 10.8 Å². The number of anilines is 5. The van der Waals surface area contributed by atoms with Crippen molar-refractivity contribution >= 4 is 40.0 Å². The van der Waals surface area contributed by atoms with Gasteiger partial charge in [0.05, 0.1) is 16.4 Å². The molecule has 0 aliphatic carbocycles. The van der Waals surface area contributed by atoms with E-state index in [1.807, 2.05) is 18.2 Å². The first-order chi connectivity index (χ1) is 16.9. The molecule has 0 spiro atoms. The molecule has 0 unspecified atom stereocenters. The number of aryl methyl sites for hydroxylation is 1. The smallest absolute Gasteiger partial charge is 0.0881 e. The number of halogens is 1. The Kier molecular flexibility index (Phi) is 7.20. The zero-order valence-corrected chi connectivity index (χ0v) is 23.2. The molecule has 0 heterocycles. The lowest BCUT2D eigenvalue weighted by Crippen LogP contribution is -2.15. The van der Waals surface area contributed by atoms with Crippen LogP contribution in [0.2, 0.25) is 5.02 Å². The Morgan fingerprint density at radius 1 is 0.583 bits per heavy atom. The average Bonchev–Trinajstić information content (AvgIpc) is 2.82. The highest BCUT2D eigenvalue weighted by molar-refractivity contribution is 6.36. The Hall–Kier alpha value is -3.23. The Balaban J connectivity index is 1.82. The van der Waals surface area contributed by atoms with E-state index in [9.17, 15) is 0 Å². The predicted molar refractivity (Wildman–Crippen MR) is 158 cm³/mol. The molecule has 2 nitrogen and oxygen atoms in total. The van der Waals surface area contributed by atoms with Gasteiger partial charge in [-0.3, -0.25) is 0 Å². The summed E-state index contributed by atoms with van der Waals surface area (Å²) < 4.78 is 0. The fraction of sp³-hybridized carbons (Fsp3) is 0.273. The fourth-order valence-electron chi connectivity index (χ4n) is 4.30. The van der Waals surface area contributed by atoms with Crippen LogP contribution < -0.4 is 10.2 Å². The van der Waals surface area contributed by atoms with Crippen LogP contribution in [0, 0.1) is 6.92 Å². The largest absolute Gasteiger partial charge is 0.354 e. The van der Waals surface area contributed by atoms with Gasteiger partial charge in [0.25, 0.3) is 0 Å². The average molecular weight is 497 g/mol. The van der Waals surface area contributed by atoms with Crippen molar-refractivity contribution in [3.05, 3.63) is 113 Å². The molecule has 0 fully saturated rings. The summed E-state index contributed by atoms with van der Waals surface area (Å²) in [5, 5.41) is 4.22. The van der Waals surface area contributed by atoms with Crippen molar-refractivity contribution in [3.8, 4) is 0 Å². The third-order valence-corrected chi connectivity index (χ3v) is 7.01. The number of hydrogen-bond donors (Lipinski definition) is 1. The monoisotopic (exact) mass is 496 g/mol. The second-order valence-corrected chi connectivity index (χ2v) is 11.9. The van der Waals surface area contributed by atoms with Crippen LogP contribution in [0.1, 0.15) is 58.2 Å². The van der Waals surface area contributed by atoms with Crippen LogP contribution in [0.25, 0.3) is 0 Å². The maximum atomic E-state index is 7.11. The summed E-state index contributed by atoms with van der Waals surface area (Å²) in [5.74, 6) is 0. The molecule has 36 heavy (non-hydrogen) atoms. The summed E-state index contributed by atoms with van der Waals surface area (Å²) in [6.07, 6.45) is 0. The molecule has 4 aromatic carbocycles. The van der Waals surface area contributed by atoms with Crippen LogP contribution in [0.3, 0.4) is 0 Å². The van der Waals surface area contributed by atoms with Gasteiger partial charge >= 0.3 is 0 Å². The topological polar surface area (TPSA) is 15.3 Å². The maximum Gasteiger partial charge on any atom is 0.0881 e. The normalized spacial score (nSPS) is 11.9. The number of para-hydroxylation sites is 1. The van der Waals surface area contributed by atoms with Gasteiger partial charge < -0.3 is 10.2 Å². The summed E-state index contributed by atoms with van der Waals surface area (Å²) >= 11 is 7.11. The van der Waals surface area contributed by atoms with Crippen molar-refractivity contribution in [2.75, 3.05) is 10.2 Å². The minimum absolute atomic E-state index is 0.0900. The quantitative estimate of drug-likeness (QED) is 0.295. The van der Waals surface area contributed by atoms with Gasteiger partial charge in [0, 0.05) is 17.1 Å². The summed E-state index contributed by atoms with van der Waals surface area (Å²) in [5.41, 5.74) is 8.96. The first kappa shape index (κ1) is 25.9. The highest BCUT2D eigenvalue weighted by Crippen LogP contribution is 2.43. The first-order valence-electron chi connectivity index (χ1n) is 12.6. The van der Waals surface area contributed by atoms with E-state index in [1.54, 1.807) is 0 Å². The van der Waals surface area contributed by atoms with E-state index in [0.29, 0.717) is 5.02 Å². The number of rotatable bonds is 5. The number of hydrogen-bond acceptors (Lipinski definition) is 2. The van der Waals surface area contributed by atoms with E-state index in [4.69, 9.17) is 11.6 Å². The Bertz CT molecular complexity index is 1270. The summed E-state index contributed by atoms with van der Waals surface area (Å²) in [7, 11) is 0. The molecule has 3 heteroatoms. The molecule has 4 rings (SSSR count). The van der Waals surface area contributed by atoms with Gasteiger partial charge in [0.2, 0.25) is 0 Å². The van der Waals surface area contributed by atoms with Crippen LogP contribution in [-0.2, 0) is 10.8 Å². The molecule has 1 N–H and O–H groups in total. The minimum atomic E-state index is 0.0900.